The van der Waals surface area contributed by atoms with Crippen LogP contribution >= 0.6 is 0 Å². The van der Waals surface area contributed by atoms with Gasteiger partial charge in [-0.3, -0.25) is 0 Å². The predicted molar refractivity (Wildman–Crippen MR) is 240 cm³/mol. The van der Waals surface area contributed by atoms with Crippen LogP contribution in [0.2, 0.25) is 0 Å². The average Bonchev–Trinajstić information content (AvgIpc) is 3.85. The standard InChI is InChI=1S/C43H61NO3.C6H13N.C4H8/c1-27(44(8)37-25-30(26-45)39(37,2)3)43-21-10-11-34(43)31-16-17-36-41(6,33(31)19-24-43)23-20-35-40(4,5)32(18-22-42(35,36)7)28-12-14-29(15-13-28)38(46)47-9;1-7-5-3-2-4-6-7;1-4-2-3-4/h12-15,18,26,30-31,33-37H,1,10-11,16-17,19-25H2,2-9H3;2-6H2,1H3;4H,2-3H2,1H3. The van der Waals surface area contributed by atoms with Gasteiger partial charge in [-0.05, 0) is 178 Å². The summed E-state index contributed by atoms with van der Waals surface area (Å²) >= 11 is 0. The summed E-state index contributed by atoms with van der Waals surface area (Å²) in [5.74, 6) is 4.76. The molecule has 10 unspecified atom stereocenters. The number of aldehydes is 1. The molecule has 6 saturated carbocycles. The first-order chi connectivity index (χ1) is 27.5. The van der Waals surface area contributed by atoms with Gasteiger partial charge in [0, 0.05) is 30.1 Å². The number of benzene rings is 1. The molecule has 0 bridgehead atoms. The molecule has 0 N–H and O–H groups in total. The van der Waals surface area contributed by atoms with Gasteiger partial charge < -0.3 is 19.3 Å². The summed E-state index contributed by atoms with van der Waals surface area (Å²) in [6, 6.07) is 8.54. The highest BCUT2D eigenvalue weighted by Gasteiger charge is 2.66. The Morgan fingerprint density at radius 1 is 0.828 bits per heavy atom. The van der Waals surface area contributed by atoms with Crippen molar-refractivity contribution in [1.82, 2.24) is 9.80 Å². The van der Waals surface area contributed by atoms with E-state index in [0.29, 0.717) is 28.4 Å². The monoisotopic (exact) mass is 795 g/mol. The zero-order valence-corrected chi connectivity index (χ0v) is 38.6. The first-order valence-corrected chi connectivity index (χ1v) is 23.9. The summed E-state index contributed by atoms with van der Waals surface area (Å²) in [7, 11) is 5.94. The van der Waals surface area contributed by atoms with Crippen molar-refractivity contribution in [3.05, 3.63) is 53.7 Å². The molecule has 0 spiro atoms. The number of esters is 1. The molecule has 10 atom stereocenters. The maximum absolute atomic E-state index is 12.1. The number of methoxy groups -OCH3 is 1. The summed E-state index contributed by atoms with van der Waals surface area (Å²) in [6.07, 6.45) is 25.2. The van der Waals surface area contributed by atoms with Crippen LogP contribution in [0.1, 0.15) is 167 Å². The number of piperidine rings is 1. The molecule has 0 aromatic heterocycles. The molecule has 5 nitrogen and oxygen atoms in total. The maximum atomic E-state index is 12.1. The van der Waals surface area contributed by atoms with Gasteiger partial charge in [-0.15, -0.1) is 0 Å². The Kier molecular flexibility index (Phi) is 12.4. The van der Waals surface area contributed by atoms with Crippen LogP contribution in [0.25, 0.3) is 5.57 Å². The lowest BCUT2D eigenvalue weighted by Gasteiger charge is -2.69. The molecule has 1 aliphatic heterocycles. The van der Waals surface area contributed by atoms with Gasteiger partial charge >= 0.3 is 5.97 Å². The van der Waals surface area contributed by atoms with Crippen LogP contribution in [0.4, 0.5) is 0 Å². The number of nitrogens with zero attached hydrogens (tertiary/aromatic N) is 2. The van der Waals surface area contributed by atoms with Crippen molar-refractivity contribution < 1.29 is 14.3 Å². The number of ether oxygens (including phenoxy) is 1. The molecule has 322 valence electrons. The molecule has 1 saturated heterocycles. The van der Waals surface area contributed by atoms with Crippen molar-refractivity contribution in [2.24, 2.45) is 68.5 Å². The fourth-order valence-electron chi connectivity index (χ4n) is 15.3. The van der Waals surface area contributed by atoms with Gasteiger partial charge in [0.05, 0.1) is 12.7 Å². The van der Waals surface area contributed by atoms with E-state index in [-0.39, 0.29) is 28.1 Å². The number of allylic oxidation sites excluding steroid dienone is 3. The van der Waals surface area contributed by atoms with Crippen LogP contribution < -0.4 is 0 Å². The van der Waals surface area contributed by atoms with Crippen LogP contribution in [-0.2, 0) is 9.53 Å². The van der Waals surface area contributed by atoms with Crippen molar-refractivity contribution in [3.8, 4) is 0 Å². The van der Waals surface area contributed by atoms with E-state index in [2.05, 4.69) is 90.6 Å². The Labute approximate surface area is 354 Å². The highest BCUT2D eigenvalue weighted by molar-refractivity contribution is 5.90. The van der Waals surface area contributed by atoms with E-state index >= 15 is 0 Å². The highest BCUT2D eigenvalue weighted by Crippen LogP contribution is 2.74. The number of fused-ring (bicyclic) bond motifs is 7. The largest absolute Gasteiger partial charge is 0.465 e. The molecule has 7 aliphatic carbocycles. The summed E-state index contributed by atoms with van der Waals surface area (Å²) in [5.41, 5.74) is 5.77. The van der Waals surface area contributed by atoms with E-state index in [1.165, 1.54) is 133 Å². The van der Waals surface area contributed by atoms with Crippen molar-refractivity contribution in [1.29, 1.82) is 0 Å². The van der Waals surface area contributed by atoms with E-state index in [1.54, 1.807) is 0 Å². The van der Waals surface area contributed by atoms with Crippen LogP contribution in [0.3, 0.4) is 0 Å². The van der Waals surface area contributed by atoms with Crippen molar-refractivity contribution in [2.45, 2.75) is 157 Å². The predicted octanol–water partition coefficient (Wildman–Crippen LogP) is 12.5. The molecule has 5 heteroatoms. The Morgan fingerprint density at radius 2 is 1.50 bits per heavy atom. The highest BCUT2D eigenvalue weighted by atomic mass is 16.5. The van der Waals surface area contributed by atoms with E-state index in [4.69, 9.17) is 11.3 Å². The third-order valence-electron chi connectivity index (χ3n) is 19.1. The molecule has 1 heterocycles. The molecular formula is C53H82N2O3. The molecule has 0 radical (unpaired) electrons. The number of carbonyl (C=O) groups excluding carboxylic acids is 2. The smallest absolute Gasteiger partial charge is 0.337 e. The normalized spacial score (nSPS) is 39.5. The SMILES string of the molecule is C=C(N(C)C1CC(C=O)C1(C)C)C12CCCC1C1CCC3C(C)(CCC4C(C)(C)C(c5ccc(C(=O)OC)cc5)=CCC43C)C1CC2.CC1CC1.CN1CCCCC1. The average molecular weight is 795 g/mol. The number of rotatable bonds is 6. The van der Waals surface area contributed by atoms with Gasteiger partial charge in [0.25, 0.3) is 0 Å². The topological polar surface area (TPSA) is 49.9 Å². The minimum Gasteiger partial charge on any atom is -0.465 e. The lowest BCUT2D eigenvalue weighted by molar-refractivity contribution is -0.177. The van der Waals surface area contributed by atoms with E-state index in [1.807, 2.05) is 12.1 Å². The Balaban J connectivity index is 0.000000402. The molecule has 1 aromatic carbocycles. The zero-order valence-electron chi connectivity index (χ0n) is 38.6. The Hall–Kier alpha value is -2.40. The van der Waals surface area contributed by atoms with Gasteiger partial charge in [-0.2, -0.15) is 0 Å². The third-order valence-corrected chi connectivity index (χ3v) is 19.1. The molecule has 7 fully saturated rings. The van der Waals surface area contributed by atoms with Crippen molar-refractivity contribution in [2.75, 3.05) is 34.3 Å². The van der Waals surface area contributed by atoms with E-state index in [9.17, 15) is 9.59 Å². The number of hydrogen-bond donors (Lipinski definition) is 0. The van der Waals surface area contributed by atoms with Crippen LogP contribution in [0.5, 0.6) is 0 Å². The fourth-order valence-corrected chi connectivity index (χ4v) is 15.3. The van der Waals surface area contributed by atoms with Crippen molar-refractivity contribution >= 4 is 17.8 Å². The second-order valence-electron chi connectivity index (χ2n) is 22.7. The molecule has 58 heavy (non-hydrogen) atoms. The lowest BCUT2D eigenvalue weighted by atomic mass is 9.36. The first-order valence-electron chi connectivity index (χ1n) is 23.9. The molecule has 0 amide bonds. The van der Waals surface area contributed by atoms with Crippen molar-refractivity contribution in [3.63, 3.8) is 0 Å². The molecular weight excluding hydrogens is 713 g/mol. The van der Waals surface area contributed by atoms with Gasteiger partial charge in [0.15, 0.2) is 0 Å². The maximum Gasteiger partial charge on any atom is 0.337 e. The summed E-state index contributed by atoms with van der Waals surface area (Å²) in [4.78, 5) is 28.8. The first kappa shape index (κ1) is 43.7. The van der Waals surface area contributed by atoms with Gasteiger partial charge in [-0.1, -0.05) is 98.9 Å². The van der Waals surface area contributed by atoms with Crippen LogP contribution in [0.15, 0.2) is 42.6 Å². The summed E-state index contributed by atoms with van der Waals surface area (Å²) in [6.45, 7) is 24.8. The minimum absolute atomic E-state index is 0.0234. The fraction of sp³-hybridized carbons (Fsp3) is 0.774. The van der Waals surface area contributed by atoms with Crippen LogP contribution in [0, 0.1) is 68.5 Å². The minimum atomic E-state index is -0.271. The summed E-state index contributed by atoms with van der Waals surface area (Å²) in [5, 5.41) is 0. The quantitative estimate of drug-likeness (QED) is 0.212. The number of carbonyl (C=O) groups is 2. The van der Waals surface area contributed by atoms with Crippen LogP contribution in [-0.4, -0.2) is 62.4 Å². The van der Waals surface area contributed by atoms with Gasteiger partial charge in [0.2, 0.25) is 0 Å². The lowest BCUT2D eigenvalue weighted by Crippen LogP contribution is -2.62. The number of likely N-dealkylation sites (tertiary alicyclic amines) is 1. The molecule has 1 aromatic rings. The van der Waals surface area contributed by atoms with Gasteiger partial charge in [0.1, 0.15) is 6.29 Å². The summed E-state index contributed by atoms with van der Waals surface area (Å²) < 4.78 is 4.96. The second-order valence-corrected chi connectivity index (χ2v) is 22.7. The number of hydrogen-bond acceptors (Lipinski definition) is 5. The third kappa shape index (κ3) is 7.50. The zero-order chi connectivity index (χ0) is 41.8. The molecule has 8 aliphatic rings. The Morgan fingerprint density at radius 3 is 2.07 bits per heavy atom. The second kappa shape index (κ2) is 16.5. The van der Waals surface area contributed by atoms with E-state index in [0.717, 1.165) is 42.4 Å². The van der Waals surface area contributed by atoms with Gasteiger partial charge in [-0.25, -0.2) is 4.79 Å². The van der Waals surface area contributed by atoms with E-state index < -0.39 is 0 Å². The Bertz CT molecular complexity index is 1680. The molecule has 9 rings (SSSR count).